The summed E-state index contributed by atoms with van der Waals surface area (Å²) < 4.78 is 0. The van der Waals surface area contributed by atoms with Gasteiger partial charge in [0, 0.05) is 32.1 Å². The molecule has 1 unspecified atom stereocenters. The monoisotopic (exact) mass is 246 g/mol. The van der Waals surface area contributed by atoms with Gasteiger partial charge in [0.1, 0.15) is 0 Å². The van der Waals surface area contributed by atoms with Crippen LogP contribution in [0.5, 0.6) is 0 Å². The fraction of sp³-hybridized carbons (Fsp3) is 0.818. The fourth-order valence-corrected chi connectivity index (χ4v) is 1.90. The van der Waals surface area contributed by atoms with E-state index < -0.39 is 0 Å². The highest BCUT2D eigenvalue weighted by atomic mass is 35.5. The van der Waals surface area contributed by atoms with Crippen molar-refractivity contribution in [1.82, 2.24) is 9.80 Å². The van der Waals surface area contributed by atoms with Gasteiger partial charge in [-0.25, -0.2) is 0 Å². The molecule has 1 aliphatic rings. The minimum absolute atomic E-state index is 0.233. The van der Waals surface area contributed by atoms with E-state index in [4.69, 9.17) is 11.6 Å². The first-order chi connectivity index (χ1) is 7.60. The summed E-state index contributed by atoms with van der Waals surface area (Å²) in [5.74, 6) is -0.000846. The van der Waals surface area contributed by atoms with Gasteiger partial charge in [0.15, 0.2) is 0 Å². The molecular weight excluding hydrogens is 228 g/mol. The van der Waals surface area contributed by atoms with E-state index in [1.165, 1.54) is 0 Å². The van der Waals surface area contributed by atoms with Crippen molar-refractivity contribution >= 4 is 23.4 Å². The van der Waals surface area contributed by atoms with Crippen LogP contribution in [0.4, 0.5) is 0 Å². The van der Waals surface area contributed by atoms with Crippen molar-refractivity contribution in [3.05, 3.63) is 0 Å². The van der Waals surface area contributed by atoms with Crippen molar-refractivity contribution in [2.45, 2.75) is 20.3 Å². The molecule has 1 saturated heterocycles. The topological polar surface area (TPSA) is 40.6 Å². The smallest absolute Gasteiger partial charge is 0.312 e. The lowest BCUT2D eigenvalue weighted by atomic mass is 10.1. The molecule has 0 aromatic rings. The number of halogens is 1. The van der Waals surface area contributed by atoms with Crippen LogP contribution in [0.1, 0.15) is 20.3 Å². The SMILES string of the molecule is CCCN1CCN(CC(C)CCl)C(=O)C1=O. The molecule has 5 heteroatoms. The van der Waals surface area contributed by atoms with Crippen molar-refractivity contribution < 1.29 is 9.59 Å². The molecule has 0 saturated carbocycles. The highest BCUT2D eigenvalue weighted by Crippen LogP contribution is 2.09. The number of hydrogen-bond donors (Lipinski definition) is 0. The molecule has 0 aromatic heterocycles. The van der Waals surface area contributed by atoms with Crippen LogP contribution >= 0.6 is 11.6 Å². The summed E-state index contributed by atoms with van der Waals surface area (Å²) in [7, 11) is 0. The largest absolute Gasteiger partial charge is 0.333 e. The summed E-state index contributed by atoms with van der Waals surface area (Å²) in [6.45, 7) is 6.50. The molecule has 1 atom stereocenters. The minimum atomic E-state index is -0.378. The average Bonchev–Trinajstić information content (AvgIpc) is 2.28. The molecule has 1 heterocycles. The lowest BCUT2D eigenvalue weighted by molar-refractivity contribution is -0.156. The Morgan fingerprint density at radius 1 is 1.25 bits per heavy atom. The second-order valence-corrected chi connectivity index (χ2v) is 4.61. The number of alkyl halides is 1. The van der Waals surface area contributed by atoms with E-state index in [1.807, 2.05) is 13.8 Å². The van der Waals surface area contributed by atoms with E-state index in [-0.39, 0.29) is 17.7 Å². The Morgan fingerprint density at radius 2 is 1.81 bits per heavy atom. The van der Waals surface area contributed by atoms with Gasteiger partial charge in [-0.05, 0) is 12.3 Å². The number of rotatable bonds is 5. The zero-order valence-corrected chi connectivity index (χ0v) is 10.7. The molecule has 0 bridgehead atoms. The van der Waals surface area contributed by atoms with Crippen molar-refractivity contribution in [2.75, 3.05) is 32.1 Å². The third-order valence-electron chi connectivity index (χ3n) is 2.69. The van der Waals surface area contributed by atoms with Crippen LogP contribution < -0.4 is 0 Å². The highest BCUT2D eigenvalue weighted by molar-refractivity contribution is 6.35. The number of piperazine rings is 1. The van der Waals surface area contributed by atoms with Crippen LogP contribution in [-0.2, 0) is 9.59 Å². The van der Waals surface area contributed by atoms with Crippen LogP contribution in [0.3, 0.4) is 0 Å². The first kappa shape index (κ1) is 13.3. The van der Waals surface area contributed by atoms with E-state index >= 15 is 0 Å². The van der Waals surface area contributed by atoms with Gasteiger partial charge in [-0.15, -0.1) is 11.6 Å². The van der Waals surface area contributed by atoms with Crippen LogP contribution in [0, 0.1) is 5.92 Å². The van der Waals surface area contributed by atoms with Crippen LogP contribution in [0.2, 0.25) is 0 Å². The lowest BCUT2D eigenvalue weighted by Gasteiger charge is -2.34. The fourth-order valence-electron chi connectivity index (χ4n) is 1.80. The third kappa shape index (κ3) is 3.11. The van der Waals surface area contributed by atoms with Crippen LogP contribution in [-0.4, -0.2) is 53.7 Å². The molecular formula is C11H19ClN2O2. The van der Waals surface area contributed by atoms with Gasteiger partial charge in [-0.1, -0.05) is 13.8 Å². The number of nitrogens with zero attached hydrogens (tertiary/aromatic N) is 2. The number of hydrogen-bond acceptors (Lipinski definition) is 2. The van der Waals surface area contributed by atoms with Gasteiger partial charge in [-0.2, -0.15) is 0 Å². The minimum Gasteiger partial charge on any atom is -0.333 e. The maximum Gasteiger partial charge on any atom is 0.312 e. The lowest BCUT2D eigenvalue weighted by Crippen LogP contribution is -2.55. The molecule has 1 fully saturated rings. The molecule has 4 nitrogen and oxygen atoms in total. The Hall–Kier alpha value is -0.770. The molecule has 1 aliphatic heterocycles. The molecule has 0 N–H and O–H groups in total. The molecule has 0 radical (unpaired) electrons. The quantitative estimate of drug-likeness (QED) is 0.535. The standard InChI is InChI=1S/C11H19ClN2O2/c1-3-4-13-5-6-14(8-9(2)7-12)11(16)10(13)15/h9H,3-8H2,1-2H3. The summed E-state index contributed by atoms with van der Waals surface area (Å²) in [4.78, 5) is 26.7. The predicted octanol–water partition coefficient (Wildman–Crippen LogP) is 0.942. The van der Waals surface area contributed by atoms with Crippen molar-refractivity contribution in [1.29, 1.82) is 0 Å². The van der Waals surface area contributed by atoms with Gasteiger partial charge in [0.05, 0.1) is 0 Å². The summed E-state index contributed by atoms with van der Waals surface area (Å²) in [5.41, 5.74) is 0. The maximum atomic E-state index is 11.8. The molecule has 0 aliphatic carbocycles. The summed E-state index contributed by atoms with van der Waals surface area (Å²) in [6, 6.07) is 0. The molecule has 0 aromatic carbocycles. The molecule has 1 rings (SSSR count). The van der Waals surface area contributed by atoms with E-state index in [1.54, 1.807) is 9.80 Å². The molecule has 0 spiro atoms. The summed E-state index contributed by atoms with van der Waals surface area (Å²) in [5, 5.41) is 0. The number of carbonyl (C=O) groups excluding carboxylic acids is 2. The van der Waals surface area contributed by atoms with E-state index in [0.717, 1.165) is 6.42 Å². The number of amides is 2. The van der Waals surface area contributed by atoms with E-state index in [0.29, 0.717) is 32.1 Å². The molecule has 92 valence electrons. The van der Waals surface area contributed by atoms with Crippen molar-refractivity contribution in [2.24, 2.45) is 5.92 Å². The molecule has 2 amide bonds. The van der Waals surface area contributed by atoms with Gasteiger partial charge in [0.25, 0.3) is 0 Å². The Balaban J connectivity index is 2.54. The highest BCUT2D eigenvalue weighted by Gasteiger charge is 2.32. The number of carbonyl (C=O) groups is 2. The Labute approximate surface area is 102 Å². The zero-order valence-electron chi connectivity index (χ0n) is 9.91. The Bertz CT molecular complexity index is 271. The third-order valence-corrected chi connectivity index (χ3v) is 3.21. The van der Waals surface area contributed by atoms with Crippen LogP contribution in [0.25, 0.3) is 0 Å². The molecule has 16 heavy (non-hydrogen) atoms. The van der Waals surface area contributed by atoms with Gasteiger partial charge in [-0.3, -0.25) is 9.59 Å². The Morgan fingerprint density at radius 3 is 2.38 bits per heavy atom. The van der Waals surface area contributed by atoms with E-state index in [9.17, 15) is 9.59 Å². The van der Waals surface area contributed by atoms with Gasteiger partial charge >= 0.3 is 11.8 Å². The first-order valence-corrected chi connectivity index (χ1v) is 6.27. The van der Waals surface area contributed by atoms with Crippen molar-refractivity contribution in [3.8, 4) is 0 Å². The van der Waals surface area contributed by atoms with E-state index in [2.05, 4.69) is 0 Å². The summed E-state index contributed by atoms with van der Waals surface area (Å²) in [6.07, 6.45) is 0.886. The first-order valence-electron chi connectivity index (χ1n) is 5.74. The van der Waals surface area contributed by atoms with Gasteiger partial charge < -0.3 is 9.80 Å². The summed E-state index contributed by atoms with van der Waals surface area (Å²) >= 11 is 5.70. The normalized spacial score (nSPS) is 19.2. The van der Waals surface area contributed by atoms with Crippen molar-refractivity contribution in [3.63, 3.8) is 0 Å². The maximum absolute atomic E-state index is 11.8. The zero-order chi connectivity index (χ0) is 12.1. The second-order valence-electron chi connectivity index (χ2n) is 4.30. The predicted molar refractivity (Wildman–Crippen MR) is 63.3 cm³/mol. The van der Waals surface area contributed by atoms with Crippen LogP contribution in [0.15, 0.2) is 0 Å². The van der Waals surface area contributed by atoms with Gasteiger partial charge in [0.2, 0.25) is 0 Å². The average molecular weight is 247 g/mol. The Kier molecular flexibility index (Phi) is 5.06. The second kappa shape index (κ2) is 6.09.